The van der Waals surface area contributed by atoms with Crippen LogP contribution in [-0.2, 0) is 0 Å². The molecule has 0 saturated heterocycles. The van der Waals surface area contributed by atoms with Crippen molar-refractivity contribution < 1.29 is 9.90 Å². The Balaban J connectivity index is 1.56. The van der Waals surface area contributed by atoms with Crippen molar-refractivity contribution in [3.8, 4) is 11.8 Å². The molecule has 0 bridgehead atoms. The first-order valence-electron chi connectivity index (χ1n) is 13.4. The number of carbonyl (C=O) groups is 1. The van der Waals surface area contributed by atoms with Gasteiger partial charge in [0.2, 0.25) is 0 Å². The predicted octanol–water partition coefficient (Wildman–Crippen LogP) is 6.78. The summed E-state index contributed by atoms with van der Waals surface area (Å²) in [5, 5.41) is 25.3. The van der Waals surface area contributed by atoms with E-state index < -0.39 is 5.91 Å². The number of carbonyl (C=O) groups excluding carboxylic acids is 1. The molecular weight excluding hydrogens is 532 g/mol. The van der Waals surface area contributed by atoms with Crippen LogP contribution in [0.2, 0.25) is 0 Å². The summed E-state index contributed by atoms with van der Waals surface area (Å²) >= 11 is 3.82. The van der Waals surface area contributed by atoms with Crippen LogP contribution in [0.3, 0.4) is 0 Å². The van der Waals surface area contributed by atoms with Gasteiger partial charge in [-0.15, -0.1) is 0 Å². The highest BCUT2D eigenvalue weighted by Crippen LogP contribution is 2.35. The van der Waals surface area contributed by atoms with E-state index in [9.17, 15) is 15.2 Å². The molecule has 0 unspecified atom stereocenters. The van der Waals surface area contributed by atoms with Gasteiger partial charge in [-0.3, -0.25) is 15.2 Å². The lowest BCUT2D eigenvalue weighted by atomic mass is 9.96. The van der Waals surface area contributed by atoms with E-state index >= 15 is 0 Å². The van der Waals surface area contributed by atoms with Gasteiger partial charge in [0.05, 0.1) is 22.5 Å². The second-order valence-corrected chi connectivity index (χ2v) is 9.65. The van der Waals surface area contributed by atoms with E-state index in [0.717, 1.165) is 24.6 Å². The standard InChI is InChI=1S/C32H32N6O2S/c33-21-25-22-34-18-16-23(11-5-2-1-3-10-17-35-41)19-28(25)37-38-29-20-24-12-8-9-15-27(24)30(31(29)39)32(40)36-26-13-6-4-7-14-26/h1-2,4-9,11-15,17,20,22-23,37-39,41H,3,10,16,18-19H2,(H,36,40)/b2-1-,11-5+,28-25+,34-22?,35-17-/t23-/m0/s1. The molecular formula is C32H32N6O2S. The fourth-order valence-corrected chi connectivity index (χ4v) is 4.59. The van der Waals surface area contributed by atoms with Gasteiger partial charge in [0.25, 0.3) is 5.91 Å². The molecule has 9 heteroatoms. The maximum absolute atomic E-state index is 13.3. The van der Waals surface area contributed by atoms with Crippen LogP contribution < -0.4 is 16.2 Å². The van der Waals surface area contributed by atoms with E-state index in [2.05, 4.69) is 56.6 Å². The van der Waals surface area contributed by atoms with Crippen molar-refractivity contribution in [2.75, 3.05) is 17.3 Å². The SMILES string of the molecule is N#C/C1=C(\NNc2cc3ccccc3c(C(=O)Nc3ccccc3)c2O)C[C@@H](/C=C/C=C\CC/C=N\S)CCN=C1. The first kappa shape index (κ1) is 29.2. The van der Waals surface area contributed by atoms with Crippen LogP contribution >= 0.6 is 12.8 Å². The average molecular weight is 565 g/mol. The molecule has 4 rings (SSSR count). The van der Waals surface area contributed by atoms with Crippen LogP contribution in [0.5, 0.6) is 5.75 Å². The molecule has 3 aromatic rings. The number of hydrogen-bond donors (Lipinski definition) is 5. The Labute approximate surface area is 245 Å². The van der Waals surface area contributed by atoms with E-state index in [4.69, 9.17) is 0 Å². The first-order valence-corrected chi connectivity index (χ1v) is 13.8. The number of amides is 1. The van der Waals surface area contributed by atoms with Gasteiger partial charge in [-0.25, -0.2) is 4.40 Å². The molecule has 1 aliphatic rings. The Morgan fingerprint density at radius 2 is 1.93 bits per heavy atom. The van der Waals surface area contributed by atoms with Gasteiger partial charge >= 0.3 is 0 Å². The second kappa shape index (κ2) is 15.1. The fourth-order valence-electron chi connectivity index (χ4n) is 4.47. The lowest BCUT2D eigenvalue weighted by molar-refractivity contribution is 0.102. The minimum absolute atomic E-state index is 0.140. The van der Waals surface area contributed by atoms with Crippen molar-refractivity contribution in [2.24, 2.45) is 15.3 Å². The van der Waals surface area contributed by atoms with Gasteiger partial charge in [-0.2, -0.15) is 5.26 Å². The topological polar surface area (TPSA) is 122 Å². The molecule has 0 fully saturated rings. The molecule has 1 atom stereocenters. The molecule has 0 radical (unpaired) electrons. The number of hydrogen-bond acceptors (Lipinski definition) is 8. The Kier molecular flexibility index (Phi) is 10.7. The number of anilines is 2. The van der Waals surface area contributed by atoms with Crippen molar-refractivity contribution in [1.29, 1.82) is 5.26 Å². The molecule has 208 valence electrons. The summed E-state index contributed by atoms with van der Waals surface area (Å²) in [6.45, 7) is 0.619. The number of allylic oxidation sites excluding steroid dienone is 6. The molecule has 0 aliphatic carbocycles. The van der Waals surface area contributed by atoms with Crippen molar-refractivity contribution in [3.05, 3.63) is 102 Å². The number of nitriles is 1. The monoisotopic (exact) mass is 564 g/mol. The minimum atomic E-state index is -0.431. The first-order chi connectivity index (χ1) is 20.1. The Morgan fingerprint density at radius 3 is 2.73 bits per heavy atom. The third-order valence-electron chi connectivity index (χ3n) is 6.56. The second-order valence-electron chi connectivity index (χ2n) is 9.42. The number of aliphatic imine (C=N–C) groups is 1. The Bertz CT molecular complexity index is 1550. The summed E-state index contributed by atoms with van der Waals surface area (Å²) in [4.78, 5) is 17.7. The summed E-state index contributed by atoms with van der Waals surface area (Å²) in [7, 11) is 0. The van der Waals surface area contributed by atoms with Gasteiger partial charge in [0.15, 0.2) is 5.75 Å². The third-order valence-corrected chi connectivity index (χ3v) is 6.73. The number of rotatable bonds is 10. The van der Waals surface area contributed by atoms with Crippen molar-refractivity contribution in [2.45, 2.75) is 25.7 Å². The highest BCUT2D eigenvalue weighted by molar-refractivity contribution is 7.78. The maximum atomic E-state index is 13.3. The molecule has 0 saturated carbocycles. The van der Waals surface area contributed by atoms with Crippen LogP contribution in [0.4, 0.5) is 11.4 Å². The van der Waals surface area contributed by atoms with E-state index in [1.165, 1.54) is 0 Å². The number of phenols is 1. The third kappa shape index (κ3) is 8.10. The van der Waals surface area contributed by atoms with Crippen LogP contribution in [0.1, 0.15) is 36.0 Å². The number of para-hydroxylation sites is 1. The summed E-state index contributed by atoms with van der Waals surface area (Å²) < 4.78 is 3.68. The quantitative estimate of drug-likeness (QED) is 0.0464. The van der Waals surface area contributed by atoms with Gasteiger partial charge in [-0.05, 0) is 73.4 Å². The van der Waals surface area contributed by atoms with Crippen molar-refractivity contribution >= 4 is 53.3 Å². The number of unbranched alkanes of at least 4 members (excludes halogenated alkanes) is 1. The fraction of sp³-hybridized carbons (Fsp3) is 0.188. The molecule has 0 aromatic heterocycles. The number of aromatic hydroxyl groups is 1. The summed E-state index contributed by atoms with van der Waals surface area (Å²) in [6, 6.07) is 20.4. The van der Waals surface area contributed by atoms with Gasteiger partial charge in [0, 0.05) is 24.7 Å². The molecule has 8 nitrogen and oxygen atoms in total. The smallest absolute Gasteiger partial charge is 0.260 e. The molecule has 1 heterocycles. The van der Waals surface area contributed by atoms with E-state index in [1.807, 2.05) is 48.6 Å². The average Bonchev–Trinajstić information content (AvgIpc) is 2.97. The number of fused-ring (bicyclic) bond motifs is 1. The number of nitrogens with zero attached hydrogens (tertiary/aromatic N) is 3. The molecule has 41 heavy (non-hydrogen) atoms. The number of benzene rings is 3. The van der Waals surface area contributed by atoms with Crippen LogP contribution in [-0.4, -0.2) is 30.0 Å². The zero-order chi connectivity index (χ0) is 28.9. The lowest BCUT2D eigenvalue weighted by Gasteiger charge is -2.21. The highest BCUT2D eigenvalue weighted by Gasteiger charge is 2.20. The molecule has 0 spiro atoms. The number of hydrazine groups is 1. The minimum Gasteiger partial charge on any atom is -0.505 e. The van der Waals surface area contributed by atoms with Crippen LogP contribution in [0.25, 0.3) is 10.8 Å². The summed E-state index contributed by atoms with van der Waals surface area (Å²) in [6.07, 6.45) is 14.6. The summed E-state index contributed by atoms with van der Waals surface area (Å²) in [5.41, 5.74) is 8.31. The van der Waals surface area contributed by atoms with Crippen molar-refractivity contribution in [1.82, 2.24) is 5.43 Å². The van der Waals surface area contributed by atoms with Gasteiger partial charge < -0.3 is 15.8 Å². The number of phenolic OH excluding ortho intramolecular Hbond substituents is 1. The van der Waals surface area contributed by atoms with E-state index in [-0.39, 0.29) is 17.2 Å². The molecule has 3 aromatic carbocycles. The zero-order valence-corrected chi connectivity index (χ0v) is 23.4. The predicted molar refractivity (Wildman–Crippen MR) is 170 cm³/mol. The van der Waals surface area contributed by atoms with Gasteiger partial charge in [-0.1, -0.05) is 66.8 Å². The Morgan fingerprint density at radius 1 is 1.12 bits per heavy atom. The zero-order valence-electron chi connectivity index (χ0n) is 22.5. The maximum Gasteiger partial charge on any atom is 0.260 e. The Hall–Kier alpha value is -4.81. The number of nitrogens with one attached hydrogen (secondary N) is 3. The largest absolute Gasteiger partial charge is 0.505 e. The lowest BCUT2D eigenvalue weighted by Crippen LogP contribution is -2.25. The van der Waals surface area contributed by atoms with Crippen LogP contribution in [0, 0.1) is 17.2 Å². The van der Waals surface area contributed by atoms with Gasteiger partial charge in [0.1, 0.15) is 6.07 Å². The highest BCUT2D eigenvalue weighted by atomic mass is 32.1. The molecule has 1 amide bonds. The molecule has 4 N–H and O–H groups in total. The normalized spacial score (nSPS) is 17.5. The number of thiol groups is 1. The summed E-state index contributed by atoms with van der Waals surface area (Å²) in [5.74, 6) is -0.492. The van der Waals surface area contributed by atoms with E-state index in [1.54, 1.807) is 36.7 Å². The van der Waals surface area contributed by atoms with Crippen molar-refractivity contribution in [3.63, 3.8) is 0 Å². The van der Waals surface area contributed by atoms with Crippen LogP contribution in [0.15, 0.2) is 106 Å². The molecule has 1 aliphatic heterocycles. The van der Waals surface area contributed by atoms with E-state index in [0.29, 0.717) is 41.0 Å².